The van der Waals surface area contributed by atoms with Crippen molar-refractivity contribution in [2.24, 2.45) is 10.7 Å². The van der Waals surface area contributed by atoms with E-state index in [1.54, 1.807) is 6.26 Å². The lowest BCUT2D eigenvalue weighted by Crippen LogP contribution is -2.51. The van der Waals surface area contributed by atoms with Gasteiger partial charge < -0.3 is 20.3 Å². The molecule has 0 spiro atoms. The molecule has 1 saturated heterocycles. The number of guanidine groups is 1. The maximum atomic E-state index is 6.14. The summed E-state index contributed by atoms with van der Waals surface area (Å²) < 4.78 is 5.52. The first-order chi connectivity index (χ1) is 11.2. The van der Waals surface area contributed by atoms with Crippen molar-refractivity contribution in [1.29, 1.82) is 0 Å². The molecule has 1 aromatic carbocycles. The lowest BCUT2D eigenvalue weighted by atomic mass is 10.2. The van der Waals surface area contributed by atoms with Gasteiger partial charge in [-0.25, -0.2) is 4.99 Å². The Bertz CT molecular complexity index is 564. The van der Waals surface area contributed by atoms with Crippen LogP contribution in [0.15, 0.2) is 41.6 Å². The molecule has 0 aromatic heterocycles. The van der Waals surface area contributed by atoms with Gasteiger partial charge in [0.15, 0.2) is 5.96 Å². The van der Waals surface area contributed by atoms with Crippen LogP contribution in [0.3, 0.4) is 0 Å². The number of halogens is 1. The van der Waals surface area contributed by atoms with Gasteiger partial charge in [0.2, 0.25) is 0 Å². The van der Waals surface area contributed by atoms with Gasteiger partial charge in [-0.1, -0.05) is 11.6 Å². The zero-order chi connectivity index (χ0) is 16.1. The van der Waals surface area contributed by atoms with E-state index in [0.29, 0.717) is 12.5 Å². The molecule has 2 aliphatic heterocycles. The van der Waals surface area contributed by atoms with Gasteiger partial charge in [0.1, 0.15) is 6.10 Å². The van der Waals surface area contributed by atoms with Gasteiger partial charge in [0.05, 0.1) is 12.8 Å². The standard InChI is InChI=1S/C17H23ClN4O/c18-14-4-6-15(7-5-14)21-8-10-22(11-9-21)17(19)20-13-16-3-1-2-12-23-16/h2,4-7,12,16H,1,3,8-11,13H2,(H2,19,20). The molecule has 1 fully saturated rings. The van der Waals surface area contributed by atoms with E-state index in [-0.39, 0.29) is 6.10 Å². The van der Waals surface area contributed by atoms with Gasteiger partial charge in [0.25, 0.3) is 0 Å². The molecular weight excluding hydrogens is 312 g/mol. The minimum Gasteiger partial charge on any atom is -0.496 e. The topological polar surface area (TPSA) is 54.1 Å². The zero-order valence-corrected chi connectivity index (χ0v) is 14.0. The van der Waals surface area contributed by atoms with Crippen LogP contribution in [0.2, 0.25) is 5.02 Å². The van der Waals surface area contributed by atoms with Crippen LogP contribution in [0.4, 0.5) is 5.69 Å². The maximum absolute atomic E-state index is 6.14. The number of ether oxygens (including phenoxy) is 1. The average Bonchev–Trinajstić information content (AvgIpc) is 2.61. The van der Waals surface area contributed by atoms with Crippen molar-refractivity contribution in [1.82, 2.24) is 4.90 Å². The number of hydrogen-bond donors (Lipinski definition) is 1. The zero-order valence-electron chi connectivity index (χ0n) is 13.2. The molecule has 124 valence electrons. The lowest BCUT2D eigenvalue weighted by molar-refractivity contribution is 0.131. The highest BCUT2D eigenvalue weighted by Crippen LogP contribution is 2.19. The predicted molar refractivity (Wildman–Crippen MR) is 95.0 cm³/mol. The predicted octanol–water partition coefficient (Wildman–Crippen LogP) is 2.47. The Balaban J connectivity index is 1.49. The van der Waals surface area contributed by atoms with E-state index in [1.165, 1.54) is 5.69 Å². The summed E-state index contributed by atoms with van der Waals surface area (Å²) in [5.74, 6) is 0.624. The number of aliphatic imine (C=N–C) groups is 1. The second kappa shape index (κ2) is 7.59. The Hall–Kier alpha value is -1.88. The molecule has 23 heavy (non-hydrogen) atoms. The summed E-state index contributed by atoms with van der Waals surface area (Å²) in [5.41, 5.74) is 7.34. The third-order valence-corrected chi connectivity index (χ3v) is 4.53. The number of hydrogen-bond acceptors (Lipinski definition) is 3. The van der Waals surface area contributed by atoms with Gasteiger partial charge in [-0.2, -0.15) is 0 Å². The van der Waals surface area contributed by atoms with E-state index >= 15 is 0 Å². The highest BCUT2D eigenvalue weighted by Gasteiger charge is 2.19. The van der Waals surface area contributed by atoms with Crippen LogP contribution in [-0.4, -0.2) is 49.7 Å². The number of allylic oxidation sites excluding steroid dienone is 1. The monoisotopic (exact) mass is 334 g/mol. The number of piperazine rings is 1. The fourth-order valence-corrected chi connectivity index (χ4v) is 2.99. The number of benzene rings is 1. The minimum absolute atomic E-state index is 0.161. The van der Waals surface area contributed by atoms with Gasteiger partial charge in [-0.05, 0) is 43.2 Å². The first-order valence-electron chi connectivity index (χ1n) is 8.08. The largest absolute Gasteiger partial charge is 0.496 e. The fraction of sp³-hybridized carbons (Fsp3) is 0.471. The highest BCUT2D eigenvalue weighted by atomic mass is 35.5. The number of nitrogens with zero attached hydrogens (tertiary/aromatic N) is 3. The van der Waals surface area contributed by atoms with Crippen LogP contribution in [0.5, 0.6) is 0 Å². The van der Waals surface area contributed by atoms with Gasteiger partial charge >= 0.3 is 0 Å². The second-order valence-corrected chi connectivity index (χ2v) is 6.29. The van der Waals surface area contributed by atoms with Crippen molar-refractivity contribution in [2.45, 2.75) is 18.9 Å². The normalized spacial score (nSPS) is 22.1. The van der Waals surface area contributed by atoms with Crippen molar-refractivity contribution in [3.8, 4) is 0 Å². The number of anilines is 1. The van der Waals surface area contributed by atoms with Crippen molar-refractivity contribution < 1.29 is 4.74 Å². The Morgan fingerprint density at radius 2 is 1.96 bits per heavy atom. The van der Waals surface area contributed by atoms with E-state index in [2.05, 4.69) is 26.9 Å². The molecule has 0 bridgehead atoms. The van der Waals surface area contributed by atoms with Crippen molar-refractivity contribution in [2.75, 3.05) is 37.6 Å². The Labute approximate surface area is 142 Å². The molecule has 1 unspecified atom stereocenters. The summed E-state index contributed by atoms with van der Waals surface area (Å²) in [7, 11) is 0. The third-order valence-electron chi connectivity index (χ3n) is 4.27. The summed E-state index contributed by atoms with van der Waals surface area (Å²) in [6, 6.07) is 7.97. The second-order valence-electron chi connectivity index (χ2n) is 5.86. The molecule has 0 radical (unpaired) electrons. The first-order valence-corrected chi connectivity index (χ1v) is 8.46. The molecule has 0 aliphatic carbocycles. The summed E-state index contributed by atoms with van der Waals surface area (Å²) in [6.45, 7) is 4.25. The molecule has 2 heterocycles. The van der Waals surface area contributed by atoms with Gasteiger partial charge in [-0.15, -0.1) is 0 Å². The molecule has 1 atom stereocenters. The molecule has 6 heteroatoms. The van der Waals surface area contributed by atoms with Crippen LogP contribution in [0, 0.1) is 0 Å². The lowest BCUT2D eigenvalue weighted by Gasteiger charge is -2.36. The molecule has 2 N–H and O–H groups in total. The summed E-state index contributed by atoms with van der Waals surface area (Å²) >= 11 is 5.94. The van der Waals surface area contributed by atoms with Gasteiger partial charge in [0, 0.05) is 36.9 Å². The highest BCUT2D eigenvalue weighted by molar-refractivity contribution is 6.30. The maximum Gasteiger partial charge on any atom is 0.191 e. The van der Waals surface area contributed by atoms with Crippen LogP contribution in [0.25, 0.3) is 0 Å². The smallest absolute Gasteiger partial charge is 0.191 e. The number of nitrogens with two attached hydrogens (primary N) is 1. The van der Waals surface area contributed by atoms with E-state index < -0.39 is 0 Å². The van der Waals surface area contributed by atoms with Crippen LogP contribution in [-0.2, 0) is 4.74 Å². The van der Waals surface area contributed by atoms with Crippen molar-refractivity contribution in [3.05, 3.63) is 41.6 Å². The van der Waals surface area contributed by atoms with Crippen LogP contribution in [0.1, 0.15) is 12.8 Å². The van der Waals surface area contributed by atoms with Crippen LogP contribution >= 0.6 is 11.6 Å². The first kappa shape index (κ1) is 16.0. The third kappa shape index (κ3) is 4.32. The quantitative estimate of drug-likeness (QED) is 0.681. The minimum atomic E-state index is 0.161. The fourth-order valence-electron chi connectivity index (χ4n) is 2.86. The summed E-state index contributed by atoms with van der Waals surface area (Å²) in [6.07, 6.45) is 6.04. The average molecular weight is 335 g/mol. The molecule has 0 amide bonds. The SMILES string of the molecule is NC(=NCC1CCC=CO1)N1CCN(c2ccc(Cl)cc2)CC1. The Morgan fingerprint density at radius 1 is 1.22 bits per heavy atom. The van der Waals surface area contributed by atoms with E-state index in [1.807, 2.05) is 18.2 Å². The molecule has 0 saturated carbocycles. The van der Waals surface area contributed by atoms with E-state index in [4.69, 9.17) is 22.1 Å². The van der Waals surface area contributed by atoms with Crippen molar-refractivity contribution in [3.63, 3.8) is 0 Å². The molecular formula is C17H23ClN4O. The van der Waals surface area contributed by atoms with E-state index in [0.717, 1.165) is 44.0 Å². The summed E-state index contributed by atoms with van der Waals surface area (Å²) in [5, 5.41) is 0.767. The Morgan fingerprint density at radius 3 is 2.61 bits per heavy atom. The number of rotatable bonds is 3. The Kier molecular flexibility index (Phi) is 5.28. The van der Waals surface area contributed by atoms with Gasteiger partial charge in [-0.3, -0.25) is 0 Å². The molecule has 3 rings (SSSR count). The molecule has 1 aromatic rings. The molecule has 2 aliphatic rings. The molecule has 5 nitrogen and oxygen atoms in total. The van der Waals surface area contributed by atoms with Crippen molar-refractivity contribution >= 4 is 23.2 Å². The summed E-state index contributed by atoms with van der Waals surface area (Å²) in [4.78, 5) is 8.99. The van der Waals surface area contributed by atoms with Crippen LogP contribution < -0.4 is 10.6 Å². The van der Waals surface area contributed by atoms with E-state index in [9.17, 15) is 0 Å².